The van der Waals surface area contributed by atoms with Gasteiger partial charge in [0.1, 0.15) is 0 Å². The van der Waals surface area contributed by atoms with Gasteiger partial charge in [0.05, 0.1) is 11.1 Å². The topological polar surface area (TPSA) is 73.8 Å². The highest BCUT2D eigenvalue weighted by Crippen LogP contribution is 2.23. The maximum absolute atomic E-state index is 12.4. The van der Waals surface area contributed by atoms with Crippen molar-refractivity contribution < 1.29 is 9.59 Å². The summed E-state index contributed by atoms with van der Waals surface area (Å²) in [4.78, 5) is 31.6. The molecule has 0 aromatic heterocycles. The van der Waals surface area contributed by atoms with Gasteiger partial charge in [-0.25, -0.2) is 0 Å². The van der Waals surface area contributed by atoms with Crippen molar-refractivity contribution in [1.82, 2.24) is 15.5 Å². The molecule has 158 valence electrons. The third kappa shape index (κ3) is 5.02. The number of carbonyl (C=O) groups is 2. The van der Waals surface area contributed by atoms with Gasteiger partial charge >= 0.3 is 0 Å². The Balaban J connectivity index is 1.41. The average molecular weight is 425 g/mol. The first-order valence-electron chi connectivity index (χ1n) is 10.1. The van der Waals surface area contributed by atoms with E-state index in [4.69, 9.17) is 0 Å². The molecule has 30 heavy (non-hydrogen) atoms. The smallest absolute Gasteiger partial charge is 0.261 e. The fraction of sp³-hybridized carbons (Fsp3) is 0.348. The van der Waals surface area contributed by atoms with Crippen LogP contribution >= 0.6 is 11.8 Å². The molecule has 0 saturated heterocycles. The summed E-state index contributed by atoms with van der Waals surface area (Å²) in [5.74, 6) is 0.357. The highest BCUT2D eigenvalue weighted by atomic mass is 32.2. The minimum Gasteiger partial charge on any atom is -0.356 e. The van der Waals surface area contributed by atoms with Crippen LogP contribution in [0.2, 0.25) is 0 Å². The zero-order valence-corrected chi connectivity index (χ0v) is 18.5. The first-order valence-corrected chi connectivity index (χ1v) is 11.3. The van der Waals surface area contributed by atoms with E-state index in [0.717, 1.165) is 18.8 Å². The molecule has 2 N–H and O–H groups in total. The van der Waals surface area contributed by atoms with Crippen molar-refractivity contribution >= 4 is 29.5 Å². The number of rotatable bonds is 8. The lowest BCUT2D eigenvalue weighted by Gasteiger charge is -2.15. The van der Waals surface area contributed by atoms with Crippen LogP contribution in [0.1, 0.15) is 44.7 Å². The number of amides is 2. The Bertz CT molecular complexity index is 923. The molecule has 0 saturated carbocycles. The van der Waals surface area contributed by atoms with Crippen molar-refractivity contribution in [3.8, 4) is 0 Å². The number of nitrogens with one attached hydrogen (secondary N) is 2. The number of guanidine groups is 1. The lowest BCUT2D eigenvalue weighted by Crippen LogP contribution is -2.37. The molecule has 2 aromatic carbocycles. The van der Waals surface area contributed by atoms with Gasteiger partial charge in [0, 0.05) is 31.6 Å². The summed E-state index contributed by atoms with van der Waals surface area (Å²) >= 11 is 1.74. The Morgan fingerprint density at radius 3 is 2.37 bits per heavy atom. The molecule has 6 nitrogen and oxygen atoms in total. The molecule has 0 atom stereocenters. The SMILES string of the molecule is CN=C(NCCCCN1C(=O)c2ccccc2C1=O)NCc1ccc(C)cc1SC. The van der Waals surface area contributed by atoms with Crippen molar-refractivity contribution in [2.45, 2.75) is 31.2 Å². The predicted molar refractivity (Wildman–Crippen MR) is 122 cm³/mol. The summed E-state index contributed by atoms with van der Waals surface area (Å²) in [5, 5.41) is 6.64. The van der Waals surface area contributed by atoms with E-state index in [1.165, 1.54) is 20.9 Å². The first-order chi connectivity index (χ1) is 14.5. The minimum atomic E-state index is -0.191. The number of thioether (sulfide) groups is 1. The van der Waals surface area contributed by atoms with Gasteiger partial charge in [-0.05, 0) is 55.3 Å². The number of imide groups is 1. The maximum Gasteiger partial charge on any atom is 0.261 e. The number of hydrogen-bond donors (Lipinski definition) is 2. The molecule has 1 aliphatic rings. The van der Waals surface area contributed by atoms with E-state index in [9.17, 15) is 9.59 Å². The van der Waals surface area contributed by atoms with Gasteiger partial charge in [-0.15, -0.1) is 11.8 Å². The maximum atomic E-state index is 12.4. The molecule has 0 spiro atoms. The second kappa shape index (κ2) is 10.3. The number of nitrogens with zero attached hydrogens (tertiary/aromatic N) is 2. The lowest BCUT2D eigenvalue weighted by atomic mass is 10.1. The van der Waals surface area contributed by atoms with E-state index >= 15 is 0 Å². The Morgan fingerprint density at radius 2 is 1.73 bits per heavy atom. The normalized spacial score (nSPS) is 13.6. The molecule has 0 radical (unpaired) electrons. The third-order valence-corrected chi connectivity index (χ3v) is 5.91. The van der Waals surface area contributed by atoms with Crippen LogP contribution in [0.5, 0.6) is 0 Å². The largest absolute Gasteiger partial charge is 0.356 e. The van der Waals surface area contributed by atoms with Gasteiger partial charge in [0.15, 0.2) is 5.96 Å². The second-order valence-electron chi connectivity index (χ2n) is 7.18. The summed E-state index contributed by atoms with van der Waals surface area (Å²) in [6.07, 6.45) is 3.65. The molecule has 0 aliphatic carbocycles. The van der Waals surface area contributed by atoms with Gasteiger partial charge in [-0.2, -0.15) is 0 Å². The molecule has 2 aromatic rings. The van der Waals surface area contributed by atoms with Crippen LogP contribution in [0.25, 0.3) is 0 Å². The summed E-state index contributed by atoms with van der Waals surface area (Å²) < 4.78 is 0. The number of benzene rings is 2. The number of aliphatic imine (C=N–C) groups is 1. The molecule has 0 bridgehead atoms. The molecule has 0 fully saturated rings. The molecular formula is C23H28N4O2S. The first kappa shape index (κ1) is 21.9. The number of carbonyl (C=O) groups excluding carboxylic acids is 2. The van der Waals surface area contributed by atoms with E-state index in [-0.39, 0.29) is 11.8 Å². The number of fused-ring (bicyclic) bond motifs is 1. The zero-order chi connectivity index (χ0) is 21.5. The Labute approximate surface area is 182 Å². The molecule has 3 rings (SSSR count). The molecule has 7 heteroatoms. The van der Waals surface area contributed by atoms with Crippen LogP contribution in [-0.4, -0.2) is 49.1 Å². The Kier molecular flexibility index (Phi) is 7.52. The predicted octanol–water partition coefficient (Wildman–Crippen LogP) is 3.46. The van der Waals surface area contributed by atoms with Crippen molar-refractivity contribution in [3.63, 3.8) is 0 Å². The fourth-order valence-corrected chi connectivity index (χ4v) is 4.15. The summed E-state index contributed by atoms with van der Waals surface area (Å²) in [6.45, 7) is 3.94. The third-order valence-electron chi connectivity index (χ3n) is 5.09. The highest BCUT2D eigenvalue weighted by Gasteiger charge is 2.34. The monoisotopic (exact) mass is 424 g/mol. The Morgan fingerprint density at radius 1 is 1.03 bits per heavy atom. The zero-order valence-electron chi connectivity index (χ0n) is 17.7. The van der Waals surface area contributed by atoms with Gasteiger partial charge in [0.2, 0.25) is 0 Å². The quantitative estimate of drug-likeness (QED) is 0.223. The molecular weight excluding hydrogens is 396 g/mol. The lowest BCUT2D eigenvalue weighted by molar-refractivity contribution is 0.0652. The van der Waals surface area contributed by atoms with E-state index in [2.05, 4.69) is 47.0 Å². The number of unbranched alkanes of at least 4 members (excludes halogenated alkanes) is 1. The molecule has 1 aliphatic heterocycles. The van der Waals surface area contributed by atoms with Crippen LogP contribution in [0.15, 0.2) is 52.4 Å². The Hall–Kier alpha value is -2.80. The van der Waals surface area contributed by atoms with Crippen LogP contribution in [0, 0.1) is 6.92 Å². The fourth-order valence-electron chi connectivity index (χ4n) is 3.44. The summed E-state index contributed by atoms with van der Waals surface area (Å²) in [5.41, 5.74) is 3.50. The van der Waals surface area contributed by atoms with Crippen LogP contribution < -0.4 is 10.6 Å². The molecule has 2 amide bonds. The van der Waals surface area contributed by atoms with Gasteiger partial charge in [-0.1, -0.05) is 24.3 Å². The number of aryl methyl sites for hydroxylation is 1. The van der Waals surface area contributed by atoms with Gasteiger partial charge < -0.3 is 10.6 Å². The number of hydrogen-bond acceptors (Lipinski definition) is 4. The average Bonchev–Trinajstić information content (AvgIpc) is 3.01. The van der Waals surface area contributed by atoms with Crippen molar-refractivity contribution in [3.05, 3.63) is 64.7 Å². The minimum absolute atomic E-state index is 0.191. The van der Waals surface area contributed by atoms with E-state index in [1.807, 2.05) is 0 Å². The molecule has 0 unspecified atom stereocenters. The molecule has 1 heterocycles. The second-order valence-corrected chi connectivity index (χ2v) is 8.03. The summed E-state index contributed by atoms with van der Waals surface area (Å²) in [7, 11) is 1.75. The van der Waals surface area contributed by atoms with Crippen LogP contribution in [0.3, 0.4) is 0 Å². The van der Waals surface area contributed by atoms with E-state index in [0.29, 0.717) is 30.8 Å². The van der Waals surface area contributed by atoms with Crippen molar-refractivity contribution in [2.75, 3.05) is 26.4 Å². The van der Waals surface area contributed by atoms with Crippen LogP contribution in [0.4, 0.5) is 0 Å². The van der Waals surface area contributed by atoms with Gasteiger partial charge in [-0.3, -0.25) is 19.5 Å². The van der Waals surface area contributed by atoms with Crippen molar-refractivity contribution in [2.24, 2.45) is 4.99 Å². The highest BCUT2D eigenvalue weighted by molar-refractivity contribution is 7.98. The van der Waals surface area contributed by atoms with E-state index < -0.39 is 0 Å². The van der Waals surface area contributed by atoms with E-state index in [1.54, 1.807) is 43.1 Å². The van der Waals surface area contributed by atoms with Crippen molar-refractivity contribution in [1.29, 1.82) is 0 Å². The van der Waals surface area contributed by atoms with Gasteiger partial charge in [0.25, 0.3) is 11.8 Å². The summed E-state index contributed by atoms with van der Waals surface area (Å²) in [6, 6.07) is 13.4. The van der Waals surface area contributed by atoms with Crippen LogP contribution in [-0.2, 0) is 6.54 Å². The standard InChI is InChI=1S/C23H28N4O2S/c1-16-10-11-17(20(14-16)30-3)15-26-23(24-2)25-12-6-7-13-27-21(28)18-8-4-5-9-19(18)22(27)29/h4-5,8-11,14H,6-7,12-13,15H2,1-3H3,(H2,24,25,26).